The summed E-state index contributed by atoms with van der Waals surface area (Å²) in [6.45, 7) is 2.95. The summed E-state index contributed by atoms with van der Waals surface area (Å²) in [7, 11) is 0. The van der Waals surface area contributed by atoms with Crippen molar-refractivity contribution in [3.63, 3.8) is 0 Å². The van der Waals surface area contributed by atoms with E-state index in [1.54, 1.807) is 0 Å². The van der Waals surface area contributed by atoms with Crippen molar-refractivity contribution in [2.45, 2.75) is 19.4 Å². The summed E-state index contributed by atoms with van der Waals surface area (Å²) in [4.78, 5) is 13.5. The molecule has 4 heteroatoms. The van der Waals surface area contributed by atoms with Gasteiger partial charge in [-0.2, -0.15) is 0 Å². The van der Waals surface area contributed by atoms with E-state index in [9.17, 15) is 4.79 Å². The lowest BCUT2D eigenvalue weighted by molar-refractivity contribution is -0.141. The van der Waals surface area contributed by atoms with Crippen LogP contribution in [0.2, 0.25) is 0 Å². The normalized spacial score (nSPS) is 29.0. The highest BCUT2D eigenvalue weighted by Crippen LogP contribution is 2.42. The number of carboxylic acids is 1. The summed E-state index contributed by atoms with van der Waals surface area (Å²) in [5, 5.41) is 10.3. The standard InChI is InChI=1S/C17H19NO3/c19-17(20)11-5-12-7-18(8-13(12)6-11)9-14-10-21-16-4-2-1-3-15(14)16/h1-4,10-13H,5-9H2,(H,19,20)/t11?,12-,13+. The third-order valence-corrected chi connectivity index (χ3v) is 5.13. The fraction of sp³-hybridized carbons (Fsp3) is 0.471. The van der Waals surface area contributed by atoms with Crippen molar-refractivity contribution in [2.75, 3.05) is 13.1 Å². The number of carbonyl (C=O) groups is 1. The Hall–Kier alpha value is -1.81. The minimum Gasteiger partial charge on any atom is -0.481 e. The van der Waals surface area contributed by atoms with Crippen LogP contribution in [0.1, 0.15) is 18.4 Å². The van der Waals surface area contributed by atoms with Crippen molar-refractivity contribution in [3.8, 4) is 0 Å². The average Bonchev–Trinajstić information content (AvgIpc) is 3.12. The first kappa shape index (κ1) is 12.9. The van der Waals surface area contributed by atoms with Crippen LogP contribution in [0.15, 0.2) is 34.9 Å². The topological polar surface area (TPSA) is 53.7 Å². The average molecular weight is 285 g/mol. The zero-order chi connectivity index (χ0) is 14.4. The molecule has 1 N–H and O–H groups in total. The summed E-state index contributed by atoms with van der Waals surface area (Å²) in [5.41, 5.74) is 2.18. The lowest BCUT2D eigenvalue weighted by atomic mass is 10.0. The number of hydrogen-bond acceptors (Lipinski definition) is 3. The molecule has 1 aromatic heterocycles. The van der Waals surface area contributed by atoms with E-state index in [-0.39, 0.29) is 5.92 Å². The number of aliphatic carboxylic acids is 1. The minimum absolute atomic E-state index is 0.114. The summed E-state index contributed by atoms with van der Waals surface area (Å²) >= 11 is 0. The second kappa shape index (κ2) is 4.88. The van der Waals surface area contributed by atoms with Crippen molar-refractivity contribution in [2.24, 2.45) is 17.8 Å². The van der Waals surface area contributed by atoms with E-state index in [2.05, 4.69) is 11.0 Å². The largest absolute Gasteiger partial charge is 0.481 e. The Morgan fingerprint density at radius 2 is 1.95 bits per heavy atom. The molecule has 4 nitrogen and oxygen atoms in total. The first-order chi connectivity index (χ1) is 10.2. The van der Waals surface area contributed by atoms with E-state index in [4.69, 9.17) is 9.52 Å². The zero-order valence-electron chi connectivity index (χ0n) is 11.9. The summed E-state index contributed by atoms with van der Waals surface area (Å²) < 4.78 is 5.60. The number of nitrogens with zero attached hydrogens (tertiary/aromatic N) is 1. The van der Waals surface area contributed by atoms with Gasteiger partial charge in [0.05, 0.1) is 12.2 Å². The lowest BCUT2D eigenvalue weighted by Crippen LogP contribution is -2.23. The monoisotopic (exact) mass is 285 g/mol. The number of fused-ring (bicyclic) bond motifs is 2. The van der Waals surface area contributed by atoms with Crippen molar-refractivity contribution in [1.82, 2.24) is 4.90 Å². The Balaban J connectivity index is 1.45. The molecule has 3 atom stereocenters. The Morgan fingerprint density at radius 1 is 1.24 bits per heavy atom. The van der Waals surface area contributed by atoms with Crippen LogP contribution in [0, 0.1) is 17.8 Å². The van der Waals surface area contributed by atoms with Crippen molar-refractivity contribution < 1.29 is 14.3 Å². The van der Waals surface area contributed by atoms with Crippen LogP contribution < -0.4 is 0 Å². The Labute approximate surface area is 123 Å². The van der Waals surface area contributed by atoms with Crippen molar-refractivity contribution in [1.29, 1.82) is 0 Å². The molecule has 2 fully saturated rings. The number of rotatable bonds is 3. The predicted octanol–water partition coefficient (Wildman–Crippen LogP) is 2.98. The highest BCUT2D eigenvalue weighted by molar-refractivity contribution is 5.80. The van der Waals surface area contributed by atoms with Gasteiger partial charge in [-0.15, -0.1) is 0 Å². The molecule has 2 heterocycles. The molecule has 1 aliphatic heterocycles. The molecule has 2 aromatic rings. The SMILES string of the molecule is O=C(O)C1C[C@@H]2CN(Cc3coc4ccccc34)C[C@@H]2C1. The maximum absolute atomic E-state index is 11.1. The first-order valence-electron chi connectivity index (χ1n) is 7.61. The molecule has 0 amide bonds. The molecular formula is C17H19NO3. The first-order valence-corrected chi connectivity index (χ1v) is 7.61. The van der Waals surface area contributed by atoms with Crippen LogP contribution in [0.25, 0.3) is 11.0 Å². The van der Waals surface area contributed by atoms with Gasteiger partial charge < -0.3 is 9.52 Å². The van der Waals surface area contributed by atoms with Crippen LogP contribution in [-0.2, 0) is 11.3 Å². The van der Waals surface area contributed by atoms with E-state index in [1.165, 1.54) is 10.9 Å². The Kier molecular flexibility index (Phi) is 3.00. The molecule has 0 radical (unpaired) electrons. The Bertz CT molecular complexity index is 663. The van der Waals surface area contributed by atoms with Crippen LogP contribution in [-0.4, -0.2) is 29.1 Å². The summed E-state index contributed by atoms with van der Waals surface area (Å²) in [6, 6.07) is 8.12. The molecule has 110 valence electrons. The molecule has 1 aliphatic carbocycles. The van der Waals surface area contributed by atoms with Gasteiger partial charge in [0, 0.05) is 30.6 Å². The molecule has 0 spiro atoms. The molecule has 1 saturated heterocycles. The van der Waals surface area contributed by atoms with Gasteiger partial charge in [-0.05, 0) is 30.7 Å². The van der Waals surface area contributed by atoms with Gasteiger partial charge in [0.1, 0.15) is 5.58 Å². The number of likely N-dealkylation sites (tertiary alicyclic amines) is 1. The maximum Gasteiger partial charge on any atom is 0.306 e. The lowest BCUT2D eigenvalue weighted by Gasteiger charge is -2.17. The predicted molar refractivity (Wildman–Crippen MR) is 78.8 cm³/mol. The highest BCUT2D eigenvalue weighted by atomic mass is 16.4. The third kappa shape index (κ3) is 2.23. The van der Waals surface area contributed by atoms with Crippen LogP contribution >= 0.6 is 0 Å². The van der Waals surface area contributed by atoms with Gasteiger partial charge in [0.25, 0.3) is 0 Å². The van der Waals surface area contributed by atoms with E-state index < -0.39 is 5.97 Å². The van der Waals surface area contributed by atoms with Gasteiger partial charge in [-0.25, -0.2) is 0 Å². The summed E-state index contributed by atoms with van der Waals surface area (Å²) in [6.07, 6.45) is 3.56. The second-order valence-electron chi connectivity index (χ2n) is 6.48. The van der Waals surface area contributed by atoms with Gasteiger partial charge in [-0.1, -0.05) is 18.2 Å². The van der Waals surface area contributed by atoms with Crippen molar-refractivity contribution in [3.05, 3.63) is 36.1 Å². The minimum atomic E-state index is -0.614. The quantitative estimate of drug-likeness (QED) is 0.942. The van der Waals surface area contributed by atoms with Gasteiger partial charge in [-0.3, -0.25) is 9.69 Å². The van der Waals surface area contributed by atoms with E-state index in [0.29, 0.717) is 11.8 Å². The van der Waals surface area contributed by atoms with E-state index in [1.807, 2.05) is 24.5 Å². The number of benzene rings is 1. The molecule has 2 aliphatic rings. The summed E-state index contributed by atoms with van der Waals surface area (Å²) in [5.74, 6) is 0.391. The highest BCUT2D eigenvalue weighted by Gasteiger charge is 2.43. The van der Waals surface area contributed by atoms with Gasteiger partial charge in [0.15, 0.2) is 0 Å². The number of furan rings is 1. The number of para-hydroxylation sites is 1. The molecule has 1 saturated carbocycles. The van der Waals surface area contributed by atoms with E-state index >= 15 is 0 Å². The number of carboxylic acid groups (broad SMARTS) is 1. The Morgan fingerprint density at radius 3 is 2.67 bits per heavy atom. The van der Waals surface area contributed by atoms with Crippen LogP contribution in [0.5, 0.6) is 0 Å². The van der Waals surface area contributed by atoms with Crippen LogP contribution in [0.3, 0.4) is 0 Å². The number of hydrogen-bond donors (Lipinski definition) is 1. The van der Waals surface area contributed by atoms with E-state index in [0.717, 1.165) is 38.1 Å². The molecule has 1 aromatic carbocycles. The molecule has 0 bridgehead atoms. The second-order valence-corrected chi connectivity index (χ2v) is 6.48. The molecule has 21 heavy (non-hydrogen) atoms. The molecule has 1 unspecified atom stereocenters. The molecular weight excluding hydrogens is 266 g/mol. The van der Waals surface area contributed by atoms with Gasteiger partial charge >= 0.3 is 5.97 Å². The third-order valence-electron chi connectivity index (χ3n) is 5.13. The zero-order valence-corrected chi connectivity index (χ0v) is 11.9. The van der Waals surface area contributed by atoms with Crippen LogP contribution in [0.4, 0.5) is 0 Å². The molecule has 4 rings (SSSR count). The smallest absolute Gasteiger partial charge is 0.306 e. The fourth-order valence-electron chi connectivity index (χ4n) is 4.12. The fourth-order valence-corrected chi connectivity index (χ4v) is 4.12. The van der Waals surface area contributed by atoms with Gasteiger partial charge in [0.2, 0.25) is 0 Å². The maximum atomic E-state index is 11.1. The van der Waals surface area contributed by atoms with Crippen molar-refractivity contribution >= 4 is 16.9 Å².